The van der Waals surface area contributed by atoms with E-state index < -0.39 is 43.6 Å². The van der Waals surface area contributed by atoms with E-state index in [0.29, 0.717) is 5.56 Å². The highest BCUT2D eigenvalue weighted by Gasteiger charge is 2.58. The number of ketones is 1. The van der Waals surface area contributed by atoms with E-state index in [2.05, 4.69) is 14.4 Å². The van der Waals surface area contributed by atoms with Crippen LogP contribution in [0.3, 0.4) is 0 Å². The number of carbonyl (C=O) groups excluding carboxylic acids is 2. The molecule has 2 aliphatic heterocycles. The van der Waals surface area contributed by atoms with E-state index in [9.17, 15) is 30.8 Å². The molecule has 1 amide bonds. The number of anilines is 2. The second kappa shape index (κ2) is 9.52. The van der Waals surface area contributed by atoms with Crippen molar-refractivity contribution in [3.05, 3.63) is 52.8 Å². The van der Waals surface area contributed by atoms with Crippen molar-refractivity contribution in [3.63, 3.8) is 0 Å². The molecule has 2 bridgehead atoms. The Morgan fingerprint density at radius 1 is 1.10 bits per heavy atom. The normalized spacial score (nSPS) is 28.8. The Kier molecular flexibility index (Phi) is 6.46. The Morgan fingerprint density at radius 2 is 1.80 bits per heavy atom. The van der Waals surface area contributed by atoms with Gasteiger partial charge in [0.25, 0.3) is 10.0 Å². The maximum absolute atomic E-state index is 14.1. The third-order valence-corrected chi connectivity index (χ3v) is 10.6. The highest BCUT2D eigenvalue weighted by molar-refractivity contribution is 7.92. The van der Waals surface area contributed by atoms with Gasteiger partial charge in [0.05, 0.1) is 17.0 Å². The predicted molar refractivity (Wildman–Crippen MR) is 146 cm³/mol. The highest BCUT2D eigenvalue weighted by atomic mass is 35.5. The summed E-state index contributed by atoms with van der Waals surface area (Å²) < 4.78 is 69.6. The van der Waals surface area contributed by atoms with Crippen LogP contribution in [0.4, 0.5) is 15.8 Å². The summed E-state index contributed by atoms with van der Waals surface area (Å²) in [7, 11) is -8.04. The second-order valence-corrected chi connectivity index (χ2v) is 14.6. The molecule has 0 aromatic heterocycles. The lowest BCUT2D eigenvalue weighted by molar-refractivity contribution is -0.162. The predicted octanol–water partition coefficient (Wildman–Crippen LogP) is 3.40. The van der Waals surface area contributed by atoms with Crippen LogP contribution in [-0.4, -0.2) is 51.6 Å². The van der Waals surface area contributed by atoms with Crippen molar-refractivity contribution in [2.24, 2.45) is 28.1 Å². The highest BCUT2D eigenvalue weighted by Crippen LogP contribution is 2.51. The van der Waals surface area contributed by atoms with E-state index in [1.807, 2.05) is 0 Å². The summed E-state index contributed by atoms with van der Waals surface area (Å²) in [6.07, 6.45) is 4.43. The maximum atomic E-state index is 14.1. The van der Waals surface area contributed by atoms with Crippen LogP contribution < -0.4 is 10.0 Å². The monoisotopic (exact) mass is 608 g/mol. The molecule has 2 heterocycles. The van der Waals surface area contributed by atoms with E-state index >= 15 is 0 Å². The zero-order valence-corrected chi connectivity index (χ0v) is 23.7. The Balaban J connectivity index is 1.39. The number of benzene rings is 2. The first-order valence-corrected chi connectivity index (χ1v) is 16.6. The summed E-state index contributed by atoms with van der Waals surface area (Å²) in [6, 6.07) is 7.73. The molecule has 2 aromatic rings. The van der Waals surface area contributed by atoms with Gasteiger partial charge in [-0.25, -0.2) is 12.8 Å². The summed E-state index contributed by atoms with van der Waals surface area (Å²) in [6.45, 7) is 0.0874. The molecule has 3 saturated carbocycles. The first-order chi connectivity index (χ1) is 18.8. The minimum Gasteiger partial charge on any atom is -0.341 e. The number of Topliss-reactive ketones (excluding diaryl/α,β-unsaturated/α-hetero) is 1. The van der Waals surface area contributed by atoms with E-state index in [4.69, 9.17) is 11.6 Å². The summed E-state index contributed by atoms with van der Waals surface area (Å²) >= 11 is 6.00. The average molecular weight is 609 g/mol. The van der Waals surface area contributed by atoms with Crippen LogP contribution in [0.2, 0.25) is 5.02 Å². The number of sulfonamides is 2. The molecule has 3 atom stereocenters. The van der Waals surface area contributed by atoms with Gasteiger partial charge in [-0.15, -0.1) is 4.40 Å². The Hall–Kier alpha value is -3.03. The van der Waals surface area contributed by atoms with Crippen molar-refractivity contribution in [3.8, 4) is 0 Å². The lowest BCUT2D eigenvalue weighted by atomic mass is 9.57. The number of amides is 1. The molecule has 2 N–H and O–H groups in total. The molecule has 0 radical (unpaired) electrons. The van der Waals surface area contributed by atoms with Crippen molar-refractivity contribution in [1.82, 2.24) is 4.90 Å². The number of fused-ring (bicyclic) bond motifs is 3. The van der Waals surface area contributed by atoms with Gasteiger partial charge in [-0.1, -0.05) is 17.7 Å². The number of halogens is 2. The number of hydrogen-bond acceptors (Lipinski definition) is 7. The standard InChI is InChI=1S/C26H26ClFN4O6S2/c1-39(35,36)30-16-7-9-19-20(11-16)40(37,38)31-25(29-19)22-24(33)21-14-3-5-15(6-4-14)23(21)32(26(22)34)12-13-2-8-18(28)17(27)10-13/h2,7-11,14-15,21-23,30H,3-6,12H2,1H3,(H,29,31). The number of piperidine rings is 1. The lowest BCUT2D eigenvalue weighted by Gasteiger charge is -2.55. The van der Waals surface area contributed by atoms with Gasteiger partial charge in [-0.05, 0) is 73.4 Å². The van der Waals surface area contributed by atoms with Crippen molar-refractivity contribution < 1.29 is 30.8 Å². The largest absolute Gasteiger partial charge is 0.341 e. The number of likely N-dealkylation sites (tertiary alicyclic amines) is 1. The first kappa shape index (κ1) is 27.2. The van der Waals surface area contributed by atoms with Crippen LogP contribution in [0.5, 0.6) is 0 Å². The fourth-order valence-corrected chi connectivity index (χ4v) is 8.68. The fraction of sp³-hybridized carbons (Fsp3) is 0.423. The molecule has 5 aliphatic rings. The third-order valence-electron chi connectivity index (χ3n) is 8.33. The number of nitrogens with one attached hydrogen (secondary N) is 2. The van der Waals surface area contributed by atoms with Crippen LogP contribution in [0.25, 0.3) is 0 Å². The van der Waals surface area contributed by atoms with Crippen molar-refractivity contribution >= 4 is 60.5 Å². The van der Waals surface area contributed by atoms with Crippen LogP contribution in [0.1, 0.15) is 31.2 Å². The topological polar surface area (TPSA) is 142 Å². The van der Waals surface area contributed by atoms with Crippen LogP contribution in [0, 0.1) is 29.5 Å². The maximum Gasteiger partial charge on any atom is 0.286 e. The van der Waals surface area contributed by atoms with Crippen LogP contribution in [0.15, 0.2) is 45.7 Å². The molecule has 1 saturated heterocycles. The number of nitrogens with zero attached hydrogens (tertiary/aromatic N) is 2. The molecular weight excluding hydrogens is 583 g/mol. The minimum absolute atomic E-state index is 0.0281. The molecule has 212 valence electrons. The average Bonchev–Trinajstić information content (AvgIpc) is 2.88. The van der Waals surface area contributed by atoms with E-state index in [-0.39, 0.29) is 57.3 Å². The zero-order chi connectivity index (χ0) is 28.6. The Labute approximate surface area is 236 Å². The molecule has 0 spiro atoms. The van der Waals surface area contributed by atoms with Gasteiger partial charge in [0.15, 0.2) is 11.7 Å². The molecule has 40 heavy (non-hydrogen) atoms. The van der Waals surface area contributed by atoms with Crippen molar-refractivity contribution in [1.29, 1.82) is 0 Å². The van der Waals surface area contributed by atoms with Crippen LogP contribution in [-0.2, 0) is 36.2 Å². The van der Waals surface area contributed by atoms with Gasteiger partial charge in [0, 0.05) is 24.2 Å². The number of rotatable bonds is 5. The van der Waals surface area contributed by atoms with Gasteiger partial charge < -0.3 is 10.2 Å². The Bertz CT molecular complexity index is 1690. The molecule has 4 fully saturated rings. The minimum atomic E-state index is -4.38. The van der Waals surface area contributed by atoms with E-state index in [1.165, 1.54) is 30.3 Å². The summed E-state index contributed by atoms with van der Waals surface area (Å²) in [5.74, 6) is -3.53. The van der Waals surface area contributed by atoms with Gasteiger partial charge >= 0.3 is 0 Å². The van der Waals surface area contributed by atoms with Gasteiger partial charge in [0.1, 0.15) is 16.5 Å². The molecular formula is C26H26ClFN4O6S2. The third kappa shape index (κ3) is 4.67. The fourth-order valence-electron chi connectivity index (χ4n) is 6.74. The van der Waals surface area contributed by atoms with Crippen LogP contribution >= 0.6 is 11.6 Å². The lowest BCUT2D eigenvalue weighted by Crippen LogP contribution is -2.66. The molecule has 14 heteroatoms. The summed E-state index contributed by atoms with van der Waals surface area (Å²) in [5.41, 5.74) is 0.699. The first-order valence-electron chi connectivity index (χ1n) is 12.8. The Morgan fingerprint density at radius 3 is 2.48 bits per heavy atom. The summed E-state index contributed by atoms with van der Waals surface area (Å²) in [4.78, 5) is 29.4. The van der Waals surface area contributed by atoms with E-state index in [0.717, 1.165) is 38.0 Å². The van der Waals surface area contributed by atoms with Crippen molar-refractivity contribution in [2.45, 2.75) is 43.2 Å². The molecule has 7 rings (SSSR count). The van der Waals surface area contributed by atoms with Crippen molar-refractivity contribution in [2.75, 3.05) is 16.3 Å². The second-order valence-electron chi connectivity index (χ2n) is 10.9. The van der Waals surface area contributed by atoms with E-state index in [1.54, 1.807) is 4.90 Å². The van der Waals surface area contributed by atoms with Gasteiger partial charge in [-0.2, -0.15) is 8.42 Å². The molecule has 3 aliphatic carbocycles. The van der Waals surface area contributed by atoms with Gasteiger partial charge in [0.2, 0.25) is 15.9 Å². The zero-order valence-electron chi connectivity index (χ0n) is 21.3. The quantitative estimate of drug-likeness (QED) is 0.496. The number of amidine groups is 1. The summed E-state index contributed by atoms with van der Waals surface area (Å²) in [5, 5.41) is 2.79. The molecule has 2 aromatic carbocycles. The SMILES string of the molecule is CS(=O)(=O)Nc1ccc2c(c1)S(=O)(=O)N=C(C1C(=O)C3C4CCC(CC4)C3N(Cc3ccc(F)c(Cl)c3)C1=O)N2. The van der Waals surface area contributed by atoms with Gasteiger partial charge in [-0.3, -0.25) is 14.3 Å². The number of carbonyl (C=O) groups is 2. The smallest absolute Gasteiger partial charge is 0.286 e. The number of hydrogen-bond donors (Lipinski definition) is 2. The molecule has 3 unspecified atom stereocenters. The molecule has 10 nitrogen and oxygen atoms in total.